The Morgan fingerprint density at radius 2 is 1.94 bits per heavy atom. The lowest BCUT2D eigenvalue weighted by Crippen LogP contribution is -2.43. The van der Waals surface area contributed by atoms with Gasteiger partial charge in [0.05, 0.1) is 0 Å². The Kier molecular flexibility index (Phi) is 6.22. The summed E-state index contributed by atoms with van der Waals surface area (Å²) < 4.78 is 5.92. The predicted molar refractivity (Wildman–Crippen MR) is 131 cm³/mol. The molecular weight excluding hydrogens is 420 g/mol. The van der Waals surface area contributed by atoms with E-state index < -0.39 is 0 Å². The van der Waals surface area contributed by atoms with Gasteiger partial charge in [0.1, 0.15) is 23.1 Å². The smallest absolute Gasteiger partial charge is 0.206 e. The van der Waals surface area contributed by atoms with E-state index in [1.54, 1.807) is 0 Å². The van der Waals surface area contributed by atoms with Crippen LogP contribution in [0.15, 0.2) is 48.5 Å². The zero-order chi connectivity index (χ0) is 22.9. The Labute approximate surface area is 193 Å². The van der Waals surface area contributed by atoms with Crippen LogP contribution in [0, 0.1) is 0 Å². The number of nitrogens with one attached hydrogen (secondary N) is 1. The molecule has 0 bridgehead atoms. The molecule has 1 fully saturated rings. The van der Waals surface area contributed by atoms with E-state index in [1.807, 2.05) is 56.6 Å². The molecule has 0 aliphatic heterocycles. The summed E-state index contributed by atoms with van der Waals surface area (Å²) in [5.74, 6) is 1.57. The number of rotatable bonds is 9. The highest BCUT2D eigenvalue weighted by Crippen LogP contribution is 2.40. The molecule has 0 atom stereocenters. The van der Waals surface area contributed by atoms with Crippen molar-refractivity contribution in [3.05, 3.63) is 64.5 Å². The van der Waals surface area contributed by atoms with Gasteiger partial charge in [0.15, 0.2) is 5.13 Å². The first-order valence-electron chi connectivity index (χ1n) is 10.8. The summed E-state index contributed by atoms with van der Waals surface area (Å²) in [7, 11) is 4.08. The van der Waals surface area contributed by atoms with Gasteiger partial charge in [0.2, 0.25) is 5.78 Å². The standard InChI is InChI=1S/C25H30N4O2S/c1-25(2,29(3)4)15-31-20-12-10-19(11-13-20)27-24-28-23(26)22(32-24)21(30)18-7-5-6-17(14-18)16-8-9-16/h5-7,10-14,16H,8-9,15,26H2,1-4H3,(H,27,28). The number of thiazole rings is 1. The molecule has 7 heteroatoms. The van der Waals surface area contributed by atoms with Crippen molar-refractivity contribution in [3.8, 4) is 5.75 Å². The Bertz CT molecular complexity index is 1100. The van der Waals surface area contributed by atoms with E-state index in [-0.39, 0.29) is 17.1 Å². The SMILES string of the molecule is CN(C)C(C)(C)COc1ccc(Nc2nc(N)c(C(=O)c3cccc(C4CC4)c3)s2)cc1. The van der Waals surface area contributed by atoms with E-state index in [0.717, 1.165) is 11.4 Å². The summed E-state index contributed by atoms with van der Waals surface area (Å²) in [4.78, 5) is 20.0. The maximum Gasteiger partial charge on any atom is 0.206 e. The second kappa shape index (κ2) is 8.92. The summed E-state index contributed by atoms with van der Waals surface area (Å²) in [5, 5.41) is 3.83. The number of nitrogens with two attached hydrogens (primary N) is 1. The minimum atomic E-state index is -0.0807. The topological polar surface area (TPSA) is 80.5 Å². The largest absolute Gasteiger partial charge is 0.492 e. The monoisotopic (exact) mass is 450 g/mol. The average molecular weight is 451 g/mol. The molecule has 1 aliphatic carbocycles. The fraction of sp³-hybridized carbons (Fsp3) is 0.360. The molecule has 0 spiro atoms. The van der Waals surface area contributed by atoms with Crippen LogP contribution in [-0.2, 0) is 0 Å². The highest BCUT2D eigenvalue weighted by molar-refractivity contribution is 7.18. The Balaban J connectivity index is 1.42. The van der Waals surface area contributed by atoms with Crippen LogP contribution in [0.4, 0.5) is 16.6 Å². The van der Waals surface area contributed by atoms with E-state index in [2.05, 4.69) is 35.1 Å². The summed E-state index contributed by atoms with van der Waals surface area (Å²) in [6.45, 7) is 4.86. The van der Waals surface area contributed by atoms with Crippen molar-refractivity contribution in [2.75, 3.05) is 31.8 Å². The fourth-order valence-electron chi connectivity index (χ4n) is 3.18. The summed E-state index contributed by atoms with van der Waals surface area (Å²) in [6, 6.07) is 15.6. The first-order chi connectivity index (χ1) is 15.2. The van der Waals surface area contributed by atoms with Crippen LogP contribution < -0.4 is 15.8 Å². The van der Waals surface area contributed by atoms with Crippen molar-refractivity contribution in [1.82, 2.24) is 9.88 Å². The van der Waals surface area contributed by atoms with Crippen LogP contribution in [0.5, 0.6) is 5.75 Å². The van der Waals surface area contributed by atoms with Crippen molar-refractivity contribution in [2.24, 2.45) is 0 Å². The molecule has 168 valence electrons. The van der Waals surface area contributed by atoms with Crippen molar-refractivity contribution in [2.45, 2.75) is 38.1 Å². The first-order valence-corrected chi connectivity index (χ1v) is 11.6. The Morgan fingerprint density at radius 3 is 2.59 bits per heavy atom. The van der Waals surface area contributed by atoms with E-state index >= 15 is 0 Å². The molecule has 0 amide bonds. The first kappa shape index (κ1) is 22.3. The second-order valence-corrected chi connectivity index (χ2v) is 10.1. The van der Waals surface area contributed by atoms with E-state index in [0.29, 0.717) is 28.1 Å². The third kappa shape index (κ3) is 5.11. The number of ketones is 1. The second-order valence-electron chi connectivity index (χ2n) is 9.11. The van der Waals surface area contributed by atoms with Gasteiger partial charge in [-0.2, -0.15) is 0 Å². The molecule has 32 heavy (non-hydrogen) atoms. The molecule has 1 aromatic heterocycles. The van der Waals surface area contributed by atoms with Crippen LogP contribution >= 0.6 is 11.3 Å². The third-order valence-electron chi connectivity index (χ3n) is 5.97. The number of carbonyl (C=O) groups is 1. The molecule has 6 nitrogen and oxygen atoms in total. The molecule has 3 aromatic rings. The van der Waals surface area contributed by atoms with Crippen LogP contribution in [0.25, 0.3) is 0 Å². The quantitative estimate of drug-likeness (QED) is 0.431. The number of hydrogen-bond acceptors (Lipinski definition) is 7. The van der Waals surface area contributed by atoms with Crippen LogP contribution in [0.1, 0.15) is 53.4 Å². The number of carbonyl (C=O) groups excluding carboxylic acids is 1. The third-order valence-corrected chi connectivity index (χ3v) is 6.95. The number of hydrogen-bond donors (Lipinski definition) is 2. The lowest BCUT2D eigenvalue weighted by atomic mass is 10.0. The lowest BCUT2D eigenvalue weighted by molar-refractivity contribution is 0.104. The van der Waals surface area contributed by atoms with Crippen LogP contribution in [-0.4, -0.2) is 41.9 Å². The number of benzene rings is 2. The summed E-state index contributed by atoms with van der Waals surface area (Å²) in [6.07, 6.45) is 2.40. The average Bonchev–Trinajstić information content (AvgIpc) is 3.56. The number of aromatic nitrogens is 1. The van der Waals surface area contributed by atoms with E-state index in [4.69, 9.17) is 10.5 Å². The number of nitrogen functional groups attached to an aromatic ring is 1. The molecule has 0 unspecified atom stereocenters. The van der Waals surface area contributed by atoms with E-state index in [9.17, 15) is 4.79 Å². The zero-order valence-electron chi connectivity index (χ0n) is 19.0. The Morgan fingerprint density at radius 1 is 1.22 bits per heavy atom. The number of anilines is 3. The van der Waals surface area contributed by atoms with Gasteiger partial charge in [-0.15, -0.1) is 0 Å². The van der Waals surface area contributed by atoms with Crippen molar-refractivity contribution >= 4 is 33.8 Å². The van der Waals surface area contributed by atoms with Crippen LogP contribution in [0.3, 0.4) is 0 Å². The number of ether oxygens (including phenoxy) is 1. The number of likely N-dealkylation sites (N-methyl/N-ethyl adjacent to an activating group) is 1. The summed E-state index contributed by atoms with van der Waals surface area (Å²) in [5.41, 5.74) is 8.78. The molecule has 3 N–H and O–H groups in total. The van der Waals surface area contributed by atoms with Crippen molar-refractivity contribution in [1.29, 1.82) is 0 Å². The van der Waals surface area contributed by atoms with Crippen molar-refractivity contribution < 1.29 is 9.53 Å². The molecule has 1 aliphatic rings. The van der Waals surface area contributed by atoms with Gasteiger partial charge in [-0.25, -0.2) is 4.98 Å². The highest BCUT2D eigenvalue weighted by atomic mass is 32.1. The predicted octanol–water partition coefficient (Wildman–Crippen LogP) is 5.30. The highest BCUT2D eigenvalue weighted by Gasteiger charge is 2.25. The lowest BCUT2D eigenvalue weighted by Gasteiger charge is -2.32. The fourth-order valence-corrected chi connectivity index (χ4v) is 4.04. The summed E-state index contributed by atoms with van der Waals surface area (Å²) >= 11 is 1.27. The maximum atomic E-state index is 13.0. The minimum absolute atomic E-state index is 0.0591. The molecule has 1 heterocycles. The van der Waals surface area contributed by atoms with Gasteiger partial charge in [-0.1, -0.05) is 29.5 Å². The molecule has 4 rings (SSSR count). The van der Waals surface area contributed by atoms with Gasteiger partial charge in [-0.05, 0) is 82.6 Å². The van der Waals surface area contributed by atoms with Gasteiger partial charge in [-0.3, -0.25) is 4.79 Å². The molecule has 0 saturated heterocycles. The normalized spacial score (nSPS) is 13.9. The molecule has 1 saturated carbocycles. The van der Waals surface area contributed by atoms with Crippen LogP contribution in [0.2, 0.25) is 0 Å². The van der Waals surface area contributed by atoms with Gasteiger partial charge >= 0.3 is 0 Å². The minimum Gasteiger partial charge on any atom is -0.492 e. The van der Waals surface area contributed by atoms with Gasteiger partial charge in [0, 0.05) is 16.8 Å². The van der Waals surface area contributed by atoms with Gasteiger partial charge in [0.25, 0.3) is 0 Å². The molecule has 2 aromatic carbocycles. The maximum absolute atomic E-state index is 13.0. The number of nitrogens with zero attached hydrogens (tertiary/aromatic N) is 2. The Hall–Kier alpha value is -2.90. The van der Waals surface area contributed by atoms with Gasteiger partial charge < -0.3 is 20.7 Å². The van der Waals surface area contributed by atoms with E-state index in [1.165, 1.54) is 29.7 Å². The molecule has 0 radical (unpaired) electrons. The van der Waals surface area contributed by atoms with Crippen molar-refractivity contribution in [3.63, 3.8) is 0 Å². The molecular formula is C25H30N4O2S. The zero-order valence-corrected chi connectivity index (χ0v) is 19.8.